The molecule has 0 aliphatic carbocycles. The molecule has 168 valence electrons. The van der Waals surface area contributed by atoms with Crippen LogP contribution in [0.4, 0.5) is 4.39 Å². The van der Waals surface area contributed by atoms with E-state index >= 15 is 4.39 Å². The Morgan fingerprint density at radius 3 is 2.62 bits per heavy atom. The molecule has 2 aromatic carbocycles. The van der Waals surface area contributed by atoms with Gasteiger partial charge in [0.2, 0.25) is 0 Å². The maximum atomic E-state index is 15.1. The molecule has 6 nitrogen and oxygen atoms in total. The lowest BCUT2D eigenvalue weighted by molar-refractivity contribution is -0.138. The standard InChI is InChI=1S/C23H21Cl2FN2O4/c1-12(22(30)31)13-3-4-15(17(26)9-13)23(7-8-32-11-23)27-21(29)19-10-14-18(28(19)2)6-5-16(24)20(14)25/h3-6,9-10,12H,7-8,11H2,1-2H3,(H,27,29)(H,30,31). The fraction of sp³-hybridized carbons (Fsp3) is 0.304. The van der Waals surface area contributed by atoms with Crippen molar-refractivity contribution in [3.8, 4) is 0 Å². The largest absolute Gasteiger partial charge is 0.481 e. The summed E-state index contributed by atoms with van der Waals surface area (Å²) < 4.78 is 22.4. The highest BCUT2D eigenvalue weighted by atomic mass is 35.5. The molecule has 1 saturated heterocycles. The lowest BCUT2D eigenvalue weighted by Crippen LogP contribution is -2.47. The molecule has 0 radical (unpaired) electrons. The normalized spacial score (nSPS) is 19.3. The van der Waals surface area contributed by atoms with Gasteiger partial charge in [-0.1, -0.05) is 35.3 Å². The van der Waals surface area contributed by atoms with Gasteiger partial charge in [-0.15, -0.1) is 0 Å². The van der Waals surface area contributed by atoms with Gasteiger partial charge < -0.3 is 19.7 Å². The highest BCUT2D eigenvalue weighted by Crippen LogP contribution is 2.36. The van der Waals surface area contributed by atoms with Crippen molar-refractivity contribution in [2.45, 2.75) is 24.8 Å². The number of nitrogens with zero attached hydrogens (tertiary/aromatic N) is 1. The number of aromatic nitrogens is 1. The van der Waals surface area contributed by atoms with Crippen LogP contribution < -0.4 is 5.32 Å². The monoisotopic (exact) mass is 478 g/mol. The summed E-state index contributed by atoms with van der Waals surface area (Å²) in [4.78, 5) is 24.5. The lowest BCUT2D eigenvalue weighted by atomic mass is 9.86. The summed E-state index contributed by atoms with van der Waals surface area (Å²) in [6.07, 6.45) is 0.375. The second kappa shape index (κ2) is 8.39. The number of halogens is 3. The first-order valence-corrected chi connectivity index (χ1v) is 10.8. The molecule has 3 aromatic rings. The first-order valence-electron chi connectivity index (χ1n) is 10.0. The molecule has 4 rings (SSSR count). The summed E-state index contributed by atoms with van der Waals surface area (Å²) in [6, 6.07) is 9.39. The van der Waals surface area contributed by atoms with E-state index in [1.165, 1.54) is 19.1 Å². The SMILES string of the molecule is CC(C(=O)O)c1ccc(C2(NC(=O)c3cc4c(Cl)c(Cl)ccc4n3C)CCOC2)c(F)c1. The predicted octanol–water partition coefficient (Wildman–Crippen LogP) is 4.86. The van der Waals surface area contributed by atoms with Crippen molar-refractivity contribution in [1.29, 1.82) is 0 Å². The number of aliphatic carboxylic acids is 1. The van der Waals surface area contributed by atoms with E-state index in [2.05, 4.69) is 5.32 Å². The summed E-state index contributed by atoms with van der Waals surface area (Å²) in [5.74, 6) is -2.90. The molecule has 2 N–H and O–H groups in total. The molecule has 32 heavy (non-hydrogen) atoms. The van der Waals surface area contributed by atoms with Crippen LogP contribution in [-0.2, 0) is 22.1 Å². The Bertz CT molecular complexity index is 1230. The average Bonchev–Trinajstić information content (AvgIpc) is 3.35. The van der Waals surface area contributed by atoms with Crippen LogP contribution in [0.5, 0.6) is 0 Å². The summed E-state index contributed by atoms with van der Waals surface area (Å²) in [5, 5.41) is 13.5. The van der Waals surface area contributed by atoms with Crippen LogP contribution in [0.25, 0.3) is 10.9 Å². The molecule has 1 amide bonds. The minimum atomic E-state index is -1.08. The molecule has 1 aliphatic rings. The Morgan fingerprint density at radius 2 is 2.00 bits per heavy atom. The van der Waals surface area contributed by atoms with Gasteiger partial charge in [0.1, 0.15) is 11.5 Å². The number of hydrogen-bond donors (Lipinski definition) is 2. The zero-order valence-corrected chi connectivity index (χ0v) is 18.9. The van der Waals surface area contributed by atoms with Gasteiger partial charge in [0.05, 0.1) is 28.1 Å². The maximum absolute atomic E-state index is 15.1. The molecule has 2 unspecified atom stereocenters. The first kappa shape index (κ1) is 22.6. The number of carboxylic acids is 1. The van der Waals surface area contributed by atoms with Gasteiger partial charge in [0.25, 0.3) is 5.91 Å². The van der Waals surface area contributed by atoms with Crippen LogP contribution in [0.3, 0.4) is 0 Å². The van der Waals surface area contributed by atoms with E-state index in [0.29, 0.717) is 39.7 Å². The van der Waals surface area contributed by atoms with E-state index in [4.69, 9.17) is 27.9 Å². The van der Waals surface area contributed by atoms with Crippen LogP contribution in [0.15, 0.2) is 36.4 Å². The number of benzene rings is 2. The van der Waals surface area contributed by atoms with Crippen LogP contribution in [0.2, 0.25) is 10.0 Å². The Balaban J connectivity index is 1.71. The zero-order valence-electron chi connectivity index (χ0n) is 17.4. The van der Waals surface area contributed by atoms with Crippen molar-refractivity contribution in [2.75, 3.05) is 13.2 Å². The van der Waals surface area contributed by atoms with Crippen molar-refractivity contribution in [3.05, 3.63) is 69.1 Å². The van der Waals surface area contributed by atoms with Gasteiger partial charge in [-0.3, -0.25) is 9.59 Å². The van der Waals surface area contributed by atoms with E-state index < -0.39 is 29.2 Å². The number of nitrogens with one attached hydrogen (secondary N) is 1. The summed E-state index contributed by atoms with van der Waals surface area (Å²) in [5.41, 5.74) is 0.597. The molecule has 1 aromatic heterocycles. The van der Waals surface area contributed by atoms with Crippen molar-refractivity contribution in [1.82, 2.24) is 9.88 Å². The topological polar surface area (TPSA) is 80.6 Å². The molecule has 1 aliphatic heterocycles. The van der Waals surface area contributed by atoms with Gasteiger partial charge in [0.15, 0.2) is 0 Å². The minimum absolute atomic E-state index is 0.0972. The molecule has 2 atom stereocenters. The number of carbonyl (C=O) groups is 2. The quantitative estimate of drug-likeness (QED) is 0.548. The third-order valence-electron chi connectivity index (χ3n) is 6.10. The molecular weight excluding hydrogens is 458 g/mol. The third kappa shape index (κ3) is 3.74. The highest BCUT2D eigenvalue weighted by molar-refractivity contribution is 6.45. The number of carboxylic acid groups (broad SMARTS) is 1. The Morgan fingerprint density at radius 1 is 1.25 bits per heavy atom. The molecule has 0 saturated carbocycles. The van der Waals surface area contributed by atoms with Crippen molar-refractivity contribution in [3.63, 3.8) is 0 Å². The van der Waals surface area contributed by atoms with Gasteiger partial charge in [-0.25, -0.2) is 4.39 Å². The van der Waals surface area contributed by atoms with E-state index in [0.717, 1.165) is 5.52 Å². The van der Waals surface area contributed by atoms with Gasteiger partial charge in [-0.05, 0) is 36.8 Å². The zero-order chi connectivity index (χ0) is 23.2. The van der Waals surface area contributed by atoms with Gasteiger partial charge >= 0.3 is 5.97 Å². The number of aryl methyl sites for hydroxylation is 1. The second-order valence-electron chi connectivity index (χ2n) is 8.02. The first-order chi connectivity index (χ1) is 15.1. The van der Waals surface area contributed by atoms with Crippen LogP contribution in [0.1, 0.15) is 40.9 Å². The fourth-order valence-corrected chi connectivity index (χ4v) is 4.50. The lowest BCUT2D eigenvalue weighted by Gasteiger charge is -2.30. The molecule has 0 bridgehead atoms. The summed E-state index contributed by atoms with van der Waals surface area (Å²) in [7, 11) is 1.74. The molecule has 2 heterocycles. The van der Waals surface area contributed by atoms with E-state index in [-0.39, 0.29) is 12.2 Å². The van der Waals surface area contributed by atoms with E-state index in [1.54, 1.807) is 35.9 Å². The number of rotatable bonds is 5. The highest BCUT2D eigenvalue weighted by Gasteiger charge is 2.41. The van der Waals surface area contributed by atoms with Crippen LogP contribution in [-0.4, -0.2) is 34.8 Å². The maximum Gasteiger partial charge on any atom is 0.310 e. The summed E-state index contributed by atoms with van der Waals surface area (Å²) in [6.45, 7) is 1.94. The third-order valence-corrected chi connectivity index (χ3v) is 6.92. The van der Waals surface area contributed by atoms with Crippen molar-refractivity contribution < 1.29 is 23.8 Å². The Hall–Kier alpha value is -2.61. The number of hydrogen-bond acceptors (Lipinski definition) is 3. The number of carbonyl (C=O) groups excluding carboxylic acids is 1. The number of amides is 1. The molecule has 9 heteroatoms. The Kier molecular flexibility index (Phi) is 5.92. The molecule has 0 spiro atoms. The molecular formula is C23H21Cl2FN2O4. The predicted molar refractivity (Wildman–Crippen MR) is 120 cm³/mol. The van der Waals surface area contributed by atoms with Gasteiger partial charge in [0, 0.05) is 36.5 Å². The van der Waals surface area contributed by atoms with Gasteiger partial charge in [-0.2, -0.15) is 0 Å². The number of fused-ring (bicyclic) bond motifs is 1. The average molecular weight is 479 g/mol. The van der Waals surface area contributed by atoms with Crippen LogP contribution in [0, 0.1) is 5.82 Å². The summed E-state index contributed by atoms with van der Waals surface area (Å²) >= 11 is 12.4. The van der Waals surface area contributed by atoms with Crippen LogP contribution >= 0.6 is 23.2 Å². The van der Waals surface area contributed by atoms with Crippen molar-refractivity contribution in [2.24, 2.45) is 7.05 Å². The smallest absolute Gasteiger partial charge is 0.310 e. The van der Waals surface area contributed by atoms with E-state index in [1.807, 2.05) is 0 Å². The Labute approximate surface area is 193 Å². The molecule has 1 fully saturated rings. The van der Waals surface area contributed by atoms with Crippen molar-refractivity contribution >= 4 is 46.0 Å². The number of ether oxygens (including phenoxy) is 1. The second-order valence-corrected chi connectivity index (χ2v) is 8.81. The fourth-order valence-electron chi connectivity index (χ4n) is 4.12. The van der Waals surface area contributed by atoms with E-state index in [9.17, 15) is 14.7 Å². The minimum Gasteiger partial charge on any atom is -0.481 e.